The zero-order chi connectivity index (χ0) is 37.1. The molecule has 3 aliphatic rings. The van der Waals surface area contributed by atoms with Crippen LogP contribution in [0.5, 0.6) is 5.75 Å². The number of anilines is 1. The van der Waals surface area contributed by atoms with Gasteiger partial charge >= 0.3 is 11.8 Å². The van der Waals surface area contributed by atoms with Crippen LogP contribution in [0.25, 0.3) is 22.0 Å². The SMILES string of the molecule is C[C@@H]1CN(c2nc(=O)n3c4c(c(-c5cc(Cl)c(F)cc5F)c(Cl)cc24)OCC2(CCN(Cc4ccccc4)CC2)C3)[C@@H](C)CN1C(=O)OC(C)(C)C. The summed E-state index contributed by atoms with van der Waals surface area (Å²) in [6.45, 7) is 13.1. The quantitative estimate of drug-likeness (QED) is 0.195. The van der Waals surface area contributed by atoms with Crippen molar-refractivity contribution in [2.45, 2.75) is 78.2 Å². The van der Waals surface area contributed by atoms with Crippen molar-refractivity contribution in [2.75, 3.05) is 37.7 Å². The molecule has 2 fully saturated rings. The fraction of sp³-hybridized carbons (Fsp3) is 0.462. The van der Waals surface area contributed by atoms with Crippen LogP contribution in [0.1, 0.15) is 53.0 Å². The molecular formula is C39H43Cl2F2N5O4. The lowest BCUT2D eigenvalue weighted by Gasteiger charge is -2.45. The first-order valence-electron chi connectivity index (χ1n) is 17.7. The fourth-order valence-electron chi connectivity index (χ4n) is 7.77. The van der Waals surface area contributed by atoms with Crippen LogP contribution in [-0.4, -0.2) is 75.9 Å². The number of hydrogen-bond acceptors (Lipinski definition) is 7. The smallest absolute Gasteiger partial charge is 0.410 e. The van der Waals surface area contributed by atoms with Crippen molar-refractivity contribution in [1.82, 2.24) is 19.4 Å². The maximum absolute atomic E-state index is 15.6. The zero-order valence-corrected chi connectivity index (χ0v) is 31.5. The highest BCUT2D eigenvalue weighted by Crippen LogP contribution is 2.49. The Morgan fingerprint density at radius 2 is 1.71 bits per heavy atom. The summed E-state index contributed by atoms with van der Waals surface area (Å²) in [5.41, 5.74) is 0.278. The number of piperazine rings is 1. The third kappa shape index (κ3) is 6.95. The number of carbonyl (C=O) groups is 1. The first kappa shape index (κ1) is 36.4. The standard InChI is InChI=1S/C39H43Cl2F2N5O4/c1-23-19-47(37(50)52-38(3,4)5)24(2)18-46(23)35-27-16-29(41)32(26-15-28(40)31(43)17-30(26)42)34-33(27)48(36(49)44-35)21-39(22-51-34)11-13-45(14-12-39)20-25-9-7-6-8-10-25/h6-10,15-17,23-24H,11-14,18-22H2,1-5H3/t23-,24+/m0/s1. The normalized spacial score (nSPS) is 20.6. The van der Waals surface area contributed by atoms with E-state index in [1.165, 1.54) is 11.6 Å². The van der Waals surface area contributed by atoms with Crippen LogP contribution < -0.4 is 15.3 Å². The summed E-state index contributed by atoms with van der Waals surface area (Å²) < 4.78 is 44.0. The summed E-state index contributed by atoms with van der Waals surface area (Å²) in [6.07, 6.45) is 1.10. The molecule has 9 nitrogen and oxygen atoms in total. The van der Waals surface area contributed by atoms with E-state index in [1.807, 2.05) is 57.7 Å². The summed E-state index contributed by atoms with van der Waals surface area (Å²) in [4.78, 5) is 38.2. The molecule has 0 radical (unpaired) electrons. The summed E-state index contributed by atoms with van der Waals surface area (Å²) >= 11 is 13.2. The lowest BCUT2D eigenvalue weighted by molar-refractivity contribution is 0.0130. The van der Waals surface area contributed by atoms with E-state index in [1.54, 1.807) is 15.5 Å². The fourth-order valence-corrected chi connectivity index (χ4v) is 8.23. The Labute approximate surface area is 312 Å². The number of ether oxygens (including phenoxy) is 2. The topological polar surface area (TPSA) is 80.1 Å². The molecule has 276 valence electrons. The molecule has 0 aliphatic carbocycles. The number of carbonyl (C=O) groups excluding carboxylic acids is 1. The molecule has 13 heteroatoms. The molecule has 0 N–H and O–H groups in total. The molecule has 0 saturated carbocycles. The Morgan fingerprint density at radius 1 is 1.00 bits per heavy atom. The summed E-state index contributed by atoms with van der Waals surface area (Å²) in [5, 5.41) is 0.425. The number of rotatable bonds is 4. The van der Waals surface area contributed by atoms with E-state index in [0.717, 1.165) is 38.5 Å². The molecule has 1 spiro atoms. The lowest BCUT2D eigenvalue weighted by Crippen LogP contribution is -2.59. The summed E-state index contributed by atoms with van der Waals surface area (Å²) in [5.74, 6) is -1.14. The average molecular weight is 755 g/mol. The molecule has 52 heavy (non-hydrogen) atoms. The second-order valence-corrected chi connectivity index (χ2v) is 16.4. The molecule has 3 aromatic carbocycles. The number of benzene rings is 3. The van der Waals surface area contributed by atoms with Crippen molar-refractivity contribution in [2.24, 2.45) is 5.41 Å². The van der Waals surface area contributed by atoms with Crippen molar-refractivity contribution >= 4 is 46.0 Å². The molecule has 4 aromatic rings. The van der Waals surface area contributed by atoms with Crippen LogP contribution in [-0.2, 0) is 17.8 Å². The third-order valence-electron chi connectivity index (χ3n) is 10.5. The van der Waals surface area contributed by atoms with Gasteiger partial charge in [0.25, 0.3) is 0 Å². The first-order chi connectivity index (χ1) is 24.6. The van der Waals surface area contributed by atoms with Crippen LogP contribution in [0.2, 0.25) is 10.0 Å². The first-order valence-corrected chi connectivity index (χ1v) is 18.5. The Kier molecular flexibility index (Phi) is 9.67. The minimum absolute atomic E-state index is 0.0349. The van der Waals surface area contributed by atoms with Gasteiger partial charge in [-0.2, -0.15) is 4.98 Å². The molecule has 4 heterocycles. The third-order valence-corrected chi connectivity index (χ3v) is 11.1. The largest absolute Gasteiger partial charge is 0.490 e. The minimum Gasteiger partial charge on any atom is -0.490 e. The van der Waals surface area contributed by atoms with E-state index in [9.17, 15) is 14.0 Å². The second kappa shape index (κ2) is 13.8. The molecule has 1 amide bonds. The lowest BCUT2D eigenvalue weighted by atomic mass is 9.78. The van der Waals surface area contributed by atoms with E-state index in [2.05, 4.69) is 17.0 Å². The van der Waals surface area contributed by atoms with Crippen LogP contribution in [0, 0.1) is 17.0 Å². The number of aromatic nitrogens is 2. The minimum atomic E-state index is -0.898. The van der Waals surface area contributed by atoms with Crippen LogP contribution >= 0.6 is 23.2 Å². The van der Waals surface area contributed by atoms with Crippen LogP contribution in [0.4, 0.5) is 19.4 Å². The van der Waals surface area contributed by atoms with Crippen molar-refractivity contribution < 1.29 is 23.0 Å². The number of hydrogen-bond donors (Lipinski definition) is 0. The van der Waals surface area contributed by atoms with E-state index >= 15 is 4.39 Å². The molecule has 0 bridgehead atoms. The number of likely N-dealkylation sites (tertiary alicyclic amines) is 1. The van der Waals surface area contributed by atoms with Gasteiger partial charge in [0, 0.05) is 66.3 Å². The molecule has 3 aliphatic heterocycles. The van der Waals surface area contributed by atoms with Gasteiger partial charge in [-0.25, -0.2) is 18.4 Å². The Hall–Kier alpha value is -3.93. The maximum Gasteiger partial charge on any atom is 0.410 e. The van der Waals surface area contributed by atoms with Gasteiger partial charge < -0.3 is 19.3 Å². The van der Waals surface area contributed by atoms with Gasteiger partial charge in [0.1, 0.15) is 23.1 Å². The van der Waals surface area contributed by atoms with Gasteiger partial charge in [-0.1, -0.05) is 53.5 Å². The average Bonchev–Trinajstić information content (AvgIpc) is 3.24. The van der Waals surface area contributed by atoms with Gasteiger partial charge in [-0.05, 0) is 78.2 Å². The Balaban J connectivity index is 1.31. The van der Waals surface area contributed by atoms with Crippen molar-refractivity contribution in [1.29, 1.82) is 0 Å². The number of piperidine rings is 1. The number of nitrogens with zero attached hydrogens (tertiary/aromatic N) is 5. The molecule has 7 rings (SSSR count). The predicted molar refractivity (Wildman–Crippen MR) is 199 cm³/mol. The number of halogens is 4. The summed E-state index contributed by atoms with van der Waals surface area (Å²) in [7, 11) is 0. The maximum atomic E-state index is 15.6. The highest BCUT2D eigenvalue weighted by atomic mass is 35.5. The van der Waals surface area contributed by atoms with Gasteiger partial charge in [-0.15, -0.1) is 0 Å². The van der Waals surface area contributed by atoms with Crippen molar-refractivity contribution in [3.63, 3.8) is 0 Å². The highest BCUT2D eigenvalue weighted by molar-refractivity contribution is 6.35. The number of amides is 1. The summed E-state index contributed by atoms with van der Waals surface area (Å²) in [6, 6.07) is 13.4. The predicted octanol–water partition coefficient (Wildman–Crippen LogP) is 8.16. The second-order valence-electron chi connectivity index (χ2n) is 15.5. The molecule has 2 atom stereocenters. The Bertz CT molecular complexity index is 2080. The molecule has 2 saturated heterocycles. The zero-order valence-electron chi connectivity index (χ0n) is 30.0. The highest BCUT2D eigenvalue weighted by Gasteiger charge is 2.42. The molecule has 1 aromatic heterocycles. The Morgan fingerprint density at radius 3 is 2.40 bits per heavy atom. The van der Waals surface area contributed by atoms with Crippen LogP contribution in [0.15, 0.2) is 53.3 Å². The van der Waals surface area contributed by atoms with Crippen molar-refractivity contribution in [3.8, 4) is 16.9 Å². The van der Waals surface area contributed by atoms with Gasteiger partial charge in [0.2, 0.25) is 0 Å². The van der Waals surface area contributed by atoms with E-state index in [0.29, 0.717) is 36.4 Å². The monoisotopic (exact) mass is 753 g/mol. The molecule has 0 unspecified atom stereocenters. The van der Waals surface area contributed by atoms with E-state index < -0.39 is 34.4 Å². The molecular weight excluding hydrogens is 711 g/mol. The van der Waals surface area contributed by atoms with Crippen molar-refractivity contribution in [3.05, 3.63) is 86.3 Å². The van der Waals surface area contributed by atoms with Crippen LogP contribution in [0.3, 0.4) is 0 Å². The van der Waals surface area contributed by atoms with Gasteiger partial charge in [0.15, 0.2) is 5.75 Å². The van der Waals surface area contributed by atoms with E-state index in [-0.39, 0.29) is 45.6 Å². The van der Waals surface area contributed by atoms with E-state index in [4.69, 9.17) is 37.7 Å². The van der Waals surface area contributed by atoms with Gasteiger partial charge in [0.05, 0.1) is 22.2 Å². The van der Waals surface area contributed by atoms with Gasteiger partial charge in [-0.3, -0.25) is 9.47 Å².